The Labute approximate surface area is 207 Å². The number of carbonyl (C=O) groups is 4. The molecule has 1 aliphatic heterocycles. The normalized spacial score (nSPS) is 19.0. The quantitative estimate of drug-likeness (QED) is 0.330. The molecule has 194 valence electrons. The zero-order chi connectivity index (χ0) is 26.2. The summed E-state index contributed by atoms with van der Waals surface area (Å²) in [6, 6.07) is -0.962. The molecule has 0 aromatic heterocycles. The van der Waals surface area contributed by atoms with Crippen LogP contribution in [0.15, 0.2) is 11.1 Å². The van der Waals surface area contributed by atoms with Crippen LogP contribution in [0.5, 0.6) is 0 Å². The summed E-state index contributed by atoms with van der Waals surface area (Å²) < 4.78 is 5.55. The molecule has 2 amide bonds. The summed E-state index contributed by atoms with van der Waals surface area (Å²) >= 11 is 1.24. The van der Waals surface area contributed by atoms with Gasteiger partial charge in [0.2, 0.25) is 11.8 Å². The number of hydrogen-bond donors (Lipinski definition) is 3. The number of esters is 1. The van der Waals surface area contributed by atoms with Crippen LogP contribution in [0.3, 0.4) is 0 Å². The van der Waals surface area contributed by atoms with E-state index >= 15 is 0 Å². The monoisotopic (exact) mass is 499 g/mol. The lowest BCUT2D eigenvalue weighted by Crippen LogP contribution is -2.55. The Balaban J connectivity index is 3.09. The van der Waals surface area contributed by atoms with Crippen molar-refractivity contribution in [2.45, 2.75) is 91.3 Å². The van der Waals surface area contributed by atoms with Crippen molar-refractivity contribution in [2.24, 2.45) is 17.8 Å². The molecule has 0 aliphatic carbocycles. The average Bonchev–Trinajstić information content (AvgIpc) is 3.23. The van der Waals surface area contributed by atoms with Gasteiger partial charge >= 0.3 is 11.9 Å². The van der Waals surface area contributed by atoms with E-state index in [0.29, 0.717) is 12.8 Å². The number of ether oxygens (including phenoxy) is 1. The Kier molecular flexibility index (Phi) is 11.9. The van der Waals surface area contributed by atoms with Crippen LogP contribution < -0.4 is 10.6 Å². The van der Waals surface area contributed by atoms with Crippen LogP contribution in [0.2, 0.25) is 0 Å². The maximum Gasteiger partial charge on any atom is 0.352 e. The highest BCUT2D eigenvalue weighted by molar-refractivity contribution is 8.03. The second-order valence-corrected chi connectivity index (χ2v) is 10.7. The Hall–Kier alpha value is -2.23. The number of thioether (sulfide) groups is 1. The number of carboxylic acids is 1. The van der Waals surface area contributed by atoms with Crippen molar-refractivity contribution in [1.82, 2.24) is 15.5 Å². The molecule has 5 atom stereocenters. The van der Waals surface area contributed by atoms with Gasteiger partial charge in [-0.15, -0.1) is 11.8 Å². The first kappa shape index (κ1) is 29.8. The van der Waals surface area contributed by atoms with Gasteiger partial charge in [-0.1, -0.05) is 48.0 Å². The maximum absolute atomic E-state index is 13.6. The molecule has 0 aromatic carbocycles. The number of carbonyl (C=O) groups excluding carboxylic acids is 3. The van der Waals surface area contributed by atoms with Crippen LogP contribution in [-0.4, -0.2) is 64.4 Å². The second kappa shape index (κ2) is 13.6. The van der Waals surface area contributed by atoms with Crippen LogP contribution in [0.25, 0.3) is 0 Å². The summed E-state index contributed by atoms with van der Waals surface area (Å²) in [4.78, 5) is 50.8. The van der Waals surface area contributed by atoms with E-state index in [1.54, 1.807) is 11.9 Å². The van der Waals surface area contributed by atoms with Gasteiger partial charge in [-0.2, -0.15) is 0 Å². The molecule has 0 bridgehead atoms. The largest absolute Gasteiger partial charge is 0.477 e. The molecule has 9 nitrogen and oxygen atoms in total. The van der Waals surface area contributed by atoms with Crippen LogP contribution in [-0.2, 0) is 23.9 Å². The lowest BCUT2D eigenvalue weighted by atomic mass is 9.92. The molecule has 0 fully saturated rings. The molecule has 0 spiro atoms. The van der Waals surface area contributed by atoms with Crippen LogP contribution in [0.4, 0.5) is 0 Å². The number of aliphatic carboxylic acids is 1. The highest BCUT2D eigenvalue weighted by atomic mass is 32.2. The summed E-state index contributed by atoms with van der Waals surface area (Å²) in [5.41, 5.74) is 0.0439. The predicted octanol–water partition coefficient (Wildman–Crippen LogP) is 2.96. The van der Waals surface area contributed by atoms with Crippen LogP contribution in [0, 0.1) is 17.8 Å². The first-order valence-corrected chi connectivity index (χ1v) is 12.8. The Morgan fingerprint density at radius 3 is 2.26 bits per heavy atom. The topological polar surface area (TPSA) is 125 Å². The highest BCUT2D eigenvalue weighted by Crippen LogP contribution is 2.30. The summed E-state index contributed by atoms with van der Waals surface area (Å²) in [6.07, 6.45) is 0.727. The number of carboxylic acid groups (broad SMARTS) is 1. The van der Waals surface area contributed by atoms with Gasteiger partial charge in [-0.25, -0.2) is 4.79 Å². The molecule has 0 aromatic rings. The SMILES string of the molecule is CC[C@H](C)C(NC(=O)CC(C)C)C(=O)N(C)[C@H](C[C@@H](OC(C)=O)C1NC(C(=O)O)=CS1)C(C)C. The molecular weight excluding hydrogens is 458 g/mol. The second-order valence-electron chi connectivity index (χ2n) is 9.71. The van der Waals surface area contributed by atoms with E-state index in [1.807, 2.05) is 41.5 Å². The van der Waals surface area contributed by atoms with E-state index in [2.05, 4.69) is 10.6 Å². The van der Waals surface area contributed by atoms with Crippen molar-refractivity contribution in [1.29, 1.82) is 0 Å². The Morgan fingerprint density at radius 2 is 1.82 bits per heavy atom. The lowest BCUT2D eigenvalue weighted by molar-refractivity contribution is -0.148. The maximum atomic E-state index is 13.6. The summed E-state index contributed by atoms with van der Waals surface area (Å²) in [5, 5.41) is 16.1. The van der Waals surface area contributed by atoms with Gasteiger partial charge in [0.05, 0.1) is 0 Å². The van der Waals surface area contributed by atoms with Gasteiger partial charge in [0.25, 0.3) is 0 Å². The molecular formula is C24H41N3O6S. The number of nitrogens with one attached hydrogen (secondary N) is 2. The summed E-state index contributed by atoms with van der Waals surface area (Å²) in [6.45, 7) is 13.1. The summed E-state index contributed by atoms with van der Waals surface area (Å²) in [7, 11) is 1.71. The van der Waals surface area contributed by atoms with E-state index in [1.165, 1.54) is 24.1 Å². The zero-order valence-electron chi connectivity index (χ0n) is 21.6. The van der Waals surface area contributed by atoms with Crippen molar-refractivity contribution in [3.8, 4) is 0 Å². The molecule has 2 unspecified atom stereocenters. The first-order chi connectivity index (χ1) is 15.8. The molecule has 34 heavy (non-hydrogen) atoms. The Bertz CT molecular complexity index is 770. The van der Waals surface area contributed by atoms with Crippen molar-refractivity contribution in [2.75, 3.05) is 7.05 Å². The third kappa shape index (κ3) is 8.85. The fourth-order valence-corrected chi connectivity index (χ4v) is 4.88. The third-order valence-corrected chi connectivity index (χ3v) is 7.08. The molecule has 1 heterocycles. The standard InChI is InChI=1S/C24H41N3O6S/c1-9-15(6)21(26-20(29)10-13(2)3)23(30)27(8)18(14(4)5)11-19(33-16(7)28)22-25-17(12-34-22)24(31)32/h12-15,18-19,21-22,25H,9-11H2,1-8H3,(H,26,29)(H,31,32)/t15-,18+,19+,21?,22?/m0/s1. The van der Waals surface area contributed by atoms with Gasteiger partial charge in [-0.3, -0.25) is 14.4 Å². The Morgan fingerprint density at radius 1 is 1.21 bits per heavy atom. The predicted molar refractivity (Wildman–Crippen MR) is 133 cm³/mol. The van der Waals surface area contributed by atoms with E-state index < -0.39 is 29.5 Å². The van der Waals surface area contributed by atoms with Gasteiger partial charge in [0.1, 0.15) is 23.2 Å². The third-order valence-electron chi connectivity index (χ3n) is 5.99. The molecule has 0 saturated carbocycles. The minimum absolute atomic E-state index is 0.0225. The number of likely N-dealkylation sites (N-methyl/N-ethyl adjacent to an activating group) is 1. The van der Waals surface area contributed by atoms with E-state index in [4.69, 9.17) is 4.74 Å². The van der Waals surface area contributed by atoms with E-state index in [9.17, 15) is 24.3 Å². The highest BCUT2D eigenvalue weighted by Gasteiger charge is 2.38. The van der Waals surface area contributed by atoms with Gasteiger partial charge in [0.15, 0.2) is 0 Å². The molecule has 1 rings (SSSR count). The van der Waals surface area contributed by atoms with Crippen molar-refractivity contribution in [3.63, 3.8) is 0 Å². The number of nitrogens with zero attached hydrogens (tertiary/aromatic N) is 1. The number of hydrogen-bond acceptors (Lipinski definition) is 7. The smallest absolute Gasteiger partial charge is 0.352 e. The first-order valence-electron chi connectivity index (χ1n) is 11.9. The molecule has 0 radical (unpaired) electrons. The van der Waals surface area contributed by atoms with Crippen molar-refractivity contribution < 1.29 is 29.0 Å². The average molecular weight is 500 g/mol. The fraction of sp³-hybridized carbons (Fsp3) is 0.750. The van der Waals surface area contributed by atoms with E-state index in [-0.39, 0.29) is 41.3 Å². The molecule has 0 saturated heterocycles. The summed E-state index contributed by atoms with van der Waals surface area (Å²) in [5.74, 6) is -1.77. The van der Waals surface area contributed by atoms with Crippen molar-refractivity contribution in [3.05, 3.63) is 11.1 Å². The molecule has 1 aliphatic rings. The van der Waals surface area contributed by atoms with Crippen LogP contribution >= 0.6 is 11.8 Å². The van der Waals surface area contributed by atoms with E-state index in [0.717, 1.165) is 6.42 Å². The lowest BCUT2D eigenvalue weighted by Gasteiger charge is -2.38. The van der Waals surface area contributed by atoms with Crippen molar-refractivity contribution >= 4 is 35.5 Å². The molecule has 3 N–H and O–H groups in total. The number of amides is 2. The van der Waals surface area contributed by atoms with Gasteiger partial charge in [0, 0.05) is 38.3 Å². The van der Waals surface area contributed by atoms with Crippen LogP contribution in [0.1, 0.15) is 67.7 Å². The number of rotatable bonds is 13. The zero-order valence-corrected chi connectivity index (χ0v) is 22.4. The van der Waals surface area contributed by atoms with Gasteiger partial charge < -0.3 is 25.4 Å². The minimum atomic E-state index is -1.09. The molecule has 10 heteroatoms. The minimum Gasteiger partial charge on any atom is -0.477 e. The van der Waals surface area contributed by atoms with Gasteiger partial charge in [-0.05, 0) is 17.8 Å². The fourth-order valence-electron chi connectivity index (χ4n) is 3.89.